The van der Waals surface area contributed by atoms with Crippen molar-refractivity contribution in [1.29, 1.82) is 0 Å². The SMILES string of the molecule is c1ccc2c(c1)Oc1cc(-n3c4ccccc4c4cc(-c5ccc6c(c5)c5ccccc5n6-c5ccccc5-c5ccccc5-n5c6ccccc6c6cc(-n7c8ccccc8c8ccccc87)ccc65)ccc43)cc3c1B2c1ccccc1O3. The molecule has 0 atom stereocenters. The third kappa shape index (κ3) is 6.60. The highest BCUT2D eigenvalue weighted by Gasteiger charge is 2.40. The van der Waals surface area contributed by atoms with Gasteiger partial charge in [0.2, 0.25) is 0 Å². The standard InChI is InChI=1S/C78H47BN4O2/c1-10-28-64-52(19-1)53-20-2-11-29-65(53)80(64)50-39-42-73-61(45-50)58-25-7-16-34-70(58)83(73)68-32-14-4-22-55(68)54-21-3-13-31-67(54)82-69-33-15-6-24-57(69)60-44-49(38-41-72(60)82)48-37-40-71-59(43-48)56-23-5-12-30-66(56)81(71)51-46-76-78-77(47-51)85-75-36-18-9-27-63(75)79(78)62-26-8-17-35-74(62)84-76/h1-47H. The van der Waals surface area contributed by atoms with Crippen LogP contribution in [0.25, 0.3) is 132 Å². The summed E-state index contributed by atoms with van der Waals surface area (Å²) in [5, 5.41) is 9.70. The van der Waals surface area contributed by atoms with Crippen LogP contribution >= 0.6 is 0 Å². The van der Waals surface area contributed by atoms with Gasteiger partial charge in [-0.15, -0.1) is 0 Å². The number of para-hydroxylation sites is 9. The number of fused-ring (bicyclic) bond motifs is 16. The molecule has 0 spiro atoms. The Labute approximate surface area is 488 Å². The minimum atomic E-state index is 0.0137. The summed E-state index contributed by atoms with van der Waals surface area (Å²) >= 11 is 0. The van der Waals surface area contributed by atoms with Gasteiger partial charge in [0.1, 0.15) is 23.0 Å². The molecule has 17 aromatic rings. The molecule has 0 bridgehead atoms. The lowest BCUT2D eigenvalue weighted by Gasteiger charge is -2.33. The molecule has 19 rings (SSSR count). The first kappa shape index (κ1) is 46.3. The molecule has 0 unspecified atom stereocenters. The first-order valence-electron chi connectivity index (χ1n) is 29.2. The Morgan fingerprint density at radius 1 is 0.235 bits per heavy atom. The summed E-state index contributed by atoms with van der Waals surface area (Å²) in [7, 11) is 0. The van der Waals surface area contributed by atoms with Crippen molar-refractivity contribution < 1.29 is 9.47 Å². The zero-order valence-electron chi connectivity index (χ0n) is 45.8. The maximum atomic E-state index is 6.79. The van der Waals surface area contributed by atoms with Crippen molar-refractivity contribution in [2.24, 2.45) is 0 Å². The van der Waals surface area contributed by atoms with E-state index in [0.29, 0.717) is 0 Å². The van der Waals surface area contributed by atoms with E-state index in [4.69, 9.17) is 9.47 Å². The van der Waals surface area contributed by atoms with E-state index >= 15 is 0 Å². The van der Waals surface area contributed by atoms with Crippen LogP contribution in [-0.2, 0) is 0 Å². The van der Waals surface area contributed by atoms with Crippen molar-refractivity contribution in [3.63, 3.8) is 0 Å². The Morgan fingerprint density at radius 2 is 0.576 bits per heavy atom. The smallest absolute Gasteiger partial charge is 0.260 e. The van der Waals surface area contributed by atoms with Gasteiger partial charge in [0.15, 0.2) is 0 Å². The Bertz CT molecular complexity index is 5600. The van der Waals surface area contributed by atoms with E-state index in [1.54, 1.807) is 0 Å². The largest absolute Gasteiger partial charge is 0.458 e. The molecule has 394 valence electrons. The molecule has 0 aliphatic carbocycles. The van der Waals surface area contributed by atoms with Crippen molar-refractivity contribution in [1.82, 2.24) is 18.3 Å². The van der Waals surface area contributed by atoms with E-state index in [-0.39, 0.29) is 6.71 Å². The maximum absolute atomic E-state index is 6.79. The van der Waals surface area contributed by atoms with Crippen LogP contribution < -0.4 is 25.9 Å². The highest BCUT2D eigenvalue weighted by molar-refractivity contribution is 6.98. The molecule has 0 amide bonds. The minimum Gasteiger partial charge on any atom is -0.458 e. The van der Waals surface area contributed by atoms with Gasteiger partial charge in [0.25, 0.3) is 6.71 Å². The number of ether oxygens (including phenoxy) is 2. The number of hydrogen-bond donors (Lipinski definition) is 0. The van der Waals surface area contributed by atoms with Gasteiger partial charge in [0.05, 0.1) is 61.2 Å². The minimum absolute atomic E-state index is 0.0137. The van der Waals surface area contributed by atoms with Crippen molar-refractivity contribution in [2.75, 3.05) is 0 Å². The summed E-state index contributed by atoms with van der Waals surface area (Å²) < 4.78 is 23.3. The molecule has 6 nitrogen and oxygen atoms in total. The fourth-order valence-electron chi connectivity index (χ4n) is 14.7. The highest BCUT2D eigenvalue weighted by Crippen LogP contribution is 2.45. The lowest BCUT2D eigenvalue weighted by atomic mass is 9.35. The number of rotatable bonds is 6. The van der Waals surface area contributed by atoms with Crippen LogP contribution in [0.4, 0.5) is 0 Å². The van der Waals surface area contributed by atoms with Crippen molar-refractivity contribution in [3.8, 4) is 68.0 Å². The molecule has 6 heterocycles. The first-order valence-corrected chi connectivity index (χ1v) is 29.2. The number of aromatic nitrogens is 4. The zero-order valence-corrected chi connectivity index (χ0v) is 45.8. The molecule has 13 aromatic carbocycles. The average molecular weight is 1080 g/mol. The second-order valence-electron chi connectivity index (χ2n) is 22.7. The van der Waals surface area contributed by atoms with Crippen molar-refractivity contribution in [2.45, 2.75) is 0 Å². The van der Waals surface area contributed by atoms with Crippen molar-refractivity contribution in [3.05, 3.63) is 285 Å². The van der Waals surface area contributed by atoms with Gasteiger partial charge in [-0.05, 0) is 119 Å². The lowest BCUT2D eigenvalue weighted by Crippen LogP contribution is -2.57. The second-order valence-corrected chi connectivity index (χ2v) is 22.7. The van der Waals surface area contributed by atoms with Crippen LogP contribution in [0, 0.1) is 0 Å². The van der Waals surface area contributed by atoms with E-state index < -0.39 is 0 Å². The van der Waals surface area contributed by atoms with E-state index in [1.165, 1.54) is 54.1 Å². The van der Waals surface area contributed by atoms with Gasteiger partial charge >= 0.3 is 0 Å². The van der Waals surface area contributed by atoms with Gasteiger partial charge in [0, 0.05) is 77.5 Å². The molecule has 4 aromatic heterocycles. The predicted octanol–water partition coefficient (Wildman–Crippen LogP) is 18.1. The van der Waals surface area contributed by atoms with E-state index in [9.17, 15) is 0 Å². The molecular weight excluding hydrogens is 1040 g/mol. The van der Waals surface area contributed by atoms with E-state index in [1.807, 2.05) is 0 Å². The number of hydrogen-bond acceptors (Lipinski definition) is 2. The van der Waals surface area contributed by atoms with Crippen molar-refractivity contribution >= 4 is 110 Å². The van der Waals surface area contributed by atoms with Crippen LogP contribution in [0.15, 0.2) is 285 Å². The molecule has 0 saturated heterocycles. The third-order valence-corrected chi connectivity index (χ3v) is 18.3. The van der Waals surface area contributed by atoms with Gasteiger partial charge in [-0.25, -0.2) is 0 Å². The zero-order chi connectivity index (χ0) is 55.4. The Hall–Kier alpha value is -11.3. The second kappa shape index (κ2) is 17.6. The molecule has 0 fully saturated rings. The number of nitrogens with zero attached hydrogens (tertiary/aromatic N) is 4. The fourth-order valence-corrected chi connectivity index (χ4v) is 14.7. The summed E-state index contributed by atoms with van der Waals surface area (Å²) in [5.74, 6) is 3.40. The quantitative estimate of drug-likeness (QED) is 0.156. The molecule has 0 N–H and O–H groups in total. The first-order chi connectivity index (χ1) is 42.2. The van der Waals surface area contributed by atoms with Gasteiger partial charge < -0.3 is 27.7 Å². The Balaban J connectivity index is 0.737. The van der Waals surface area contributed by atoms with E-state index in [2.05, 4.69) is 303 Å². The van der Waals surface area contributed by atoms with Crippen LogP contribution in [0.1, 0.15) is 0 Å². The van der Waals surface area contributed by atoms with Crippen LogP contribution in [0.2, 0.25) is 0 Å². The topological polar surface area (TPSA) is 38.2 Å². The molecule has 2 aliphatic rings. The lowest BCUT2D eigenvalue weighted by molar-refractivity contribution is 0.464. The summed E-state index contributed by atoms with van der Waals surface area (Å²) in [6.07, 6.45) is 0. The van der Waals surface area contributed by atoms with E-state index in [0.717, 1.165) is 117 Å². The van der Waals surface area contributed by atoms with Gasteiger partial charge in [-0.2, -0.15) is 0 Å². The molecule has 0 saturated carbocycles. The molecule has 0 radical (unpaired) electrons. The summed E-state index contributed by atoms with van der Waals surface area (Å²) in [6, 6.07) is 104. The maximum Gasteiger partial charge on any atom is 0.260 e. The molecule has 85 heavy (non-hydrogen) atoms. The van der Waals surface area contributed by atoms with Crippen LogP contribution in [0.5, 0.6) is 23.0 Å². The van der Waals surface area contributed by atoms with Gasteiger partial charge in [-0.1, -0.05) is 176 Å². The summed E-state index contributed by atoms with van der Waals surface area (Å²) in [4.78, 5) is 0. The number of benzene rings is 13. The highest BCUT2D eigenvalue weighted by atomic mass is 16.5. The normalized spacial score (nSPS) is 12.6. The molecule has 7 heteroatoms. The predicted molar refractivity (Wildman–Crippen MR) is 352 cm³/mol. The fraction of sp³-hybridized carbons (Fsp3) is 0. The monoisotopic (exact) mass is 1080 g/mol. The van der Waals surface area contributed by atoms with Gasteiger partial charge in [-0.3, -0.25) is 0 Å². The molecule has 2 aliphatic heterocycles. The molecular formula is C78H47BN4O2. The summed E-state index contributed by atoms with van der Waals surface area (Å²) in [6.45, 7) is 0.0137. The van der Waals surface area contributed by atoms with Crippen LogP contribution in [-0.4, -0.2) is 25.0 Å². The average Bonchev–Trinajstić information content (AvgIpc) is 3.06. The Kier molecular flexibility index (Phi) is 9.61. The summed E-state index contributed by atoms with van der Waals surface area (Å²) in [5.41, 5.74) is 21.6. The third-order valence-electron chi connectivity index (χ3n) is 18.3. The Morgan fingerprint density at radius 3 is 1.06 bits per heavy atom. The van der Waals surface area contributed by atoms with Crippen LogP contribution in [0.3, 0.4) is 0 Å².